The summed E-state index contributed by atoms with van der Waals surface area (Å²) in [7, 11) is 5.25. The number of ether oxygens (including phenoxy) is 6. The van der Waals surface area contributed by atoms with E-state index in [0.717, 1.165) is 11.3 Å². The number of aromatic nitrogens is 3. The Morgan fingerprint density at radius 1 is 0.985 bits per heavy atom. The van der Waals surface area contributed by atoms with Crippen LogP contribution in [0.5, 0.6) is 0 Å². The minimum atomic E-state index is -1.84. The van der Waals surface area contributed by atoms with Gasteiger partial charge in [-0.1, -0.05) is 38.1 Å². The van der Waals surface area contributed by atoms with Crippen LogP contribution in [0, 0.1) is 17.8 Å². The van der Waals surface area contributed by atoms with Crippen LogP contribution in [-0.2, 0) is 46.2 Å². The zero-order chi connectivity index (χ0) is 50.6. The number of nitrogens with zero attached hydrogens (tertiary/aromatic N) is 5. The van der Waals surface area contributed by atoms with Gasteiger partial charge in [-0.3, -0.25) is 9.59 Å². The lowest BCUT2D eigenvalue weighted by Crippen LogP contribution is -2.61. The number of aliphatic hydroxyl groups excluding tert-OH is 3. The lowest BCUT2D eigenvalue weighted by atomic mass is 9.77. The van der Waals surface area contributed by atoms with Crippen molar-refractivity contribution in [1.82, 2.24) is 24.8 Å². The van der Waals surface area contributed by atoms with E-state index in [1.165, 1.54) is 14.0 Å². The van der Waals surface area contributed by atoms with Gasteiger partial charge in [0.25, 0.3) is 0 Å². The van der Waals surface area contributed by atoms with Gasteiger partial charge in [-0.25, -0.2) is 4.68 Å². The summed E-state index contributed by atoms with van der Waals surface area (Å²) in [5.74, 6) is -3.29. The summed E-state index contributed by atoms with van der Waals surface area (Å²) in [6, 6.07) is 5.99. The third kappa shape index (κ3) is 13.0. The molecule has 4 heterocycles. The van der Waals surface area contributed by atoms with Gasteiger partial charge in [-0.15, -0.1) is 5.10 Å². The summed E-state index contributed by atoms with van der Waals surface area (Å²) in [5, 5.41) is 68.2. The summed E-state index contributed by atoms with van der Waals surface area (Å²) in [6.07, 6.45) is -6.73. The van der Waals surface area contributed by atoms with Crippen molar-refractivity contribution >= 4 is 11.9 Å². The molecule has 0 aliphatic carbocycles. The van der Waals surface area contributed by atoms with Crippen molar-refractivity contribution in [3.8, 4) is 0 Å². The fourth-order valence-corrected chi connectivity index (χ4v) is 10.6. The van der Waals surface area contributed by atoms with E-state index < -0.39 is 108 Å². The van der Waals surface area contributed by atoms with Gasteiger partial charge < -0.3 is 69.5 Å². The molecule has 0 spiro atoms. The lowest BCUT2D eigenvalue weighted by molar-refractivity contribution is -0.318. The summed E-state index contributed by atoms with van der Waals surface area (Å²) in [6.45, 7) is 18.9. The zero-order valence-electron chi connectivity index (χ0n) is 42.5. The first-order chi connectivity index (χ1) is 31.7. The maximum atomic E-state index is 14.5. The maximum Gasteiger partial charge on any atom is 0.311 e. The number of hydrogen-bond acceptors (Lipinski definition) is 17. The highest BCUT2D eigenvalue weighted by Crippen LogP contribution is 2.40. The minimum Gasteiger partial charge on any atom is -0.459 e. The number of cyclic esters (lactones) is 1. The number of nitrogens with two attached hydrogens (primary N) is 1. The molecule has 1 aromatic carbocycles. The smallest absolute Gasteiger partial charge is 0.311 e. The monoisotopic (exact) mass is 963 g/mol. The van der Waals surface area contributed by atoms with E-state index in [1.54, 1.807) is 58.4 Å². The van der Waals surface area contributed by atoms with Gasteiger partial charge in [0.2, 0.25) is 5.91 Å². The first-order valence-corrected chi connectivity index (χ1v) is 24.3. The molecule has 68 heavy (non-hydrogen) atoms. The molecule has 3 fully saturated rings. The van der Waals surface area contributed by atoms with Crippen molar-refractivity contribution < 1.29 is 63.5 Å². The van der Waals surface area contributed by atoms with E-state index in [0.29, 0.717) is 38.0 Å². The highest BCUT2D eigenvalue weighted by atomic mass is 16.7. The fraction of sp³-hybridized carbons (Fsp3) is 0.796. The van der Waals surface area contributed by atoms with E-state index in [2.05, 4.69) is 10.3 Å². The zero-order valence-corrected chi connectivity index (χ0v) is 42.5. The number of rotatable bonds is 13. The number of methoxy groups -OCH3 is 1. The molecule has 3 saturated heterocycles. The van der Waals surface area contributed by atoms with E-state index in [-0.39, 0.29) is 31.3 Å². The molecule has 3 aliphatic heterocycles. The predicted octanol–water partition coefficient (Wildman–Crippen LogP) is 2.25. The Labute approximate surface area is 402 Å². The SMILES string of the molecule is CC[C@H]1OC(=O)[C@H](C)[C@@H](O[C@H]2C[C@@](C)(OC)[C@@H](O)[C@H](C)O2)[C@H](C)[C@@H](O[C@@H]2O[C@H](C)C[C@H](N(C)CCc3cn(Cc4ccc(C(N)=O)cc4)nn3)[C@H]2O)[C@](C)(O)C[C@@H](C)CN(C)[C@H](C)[C@@H](O)[C@]1(C)O. The van der Waals surface area contributed by atoms with Crippen molar-refractivity contribution in [2.45, 2.75) is 198 Å². The molecule has 19 nitrogen and oxygen atoms in total. The van der Waals surface area contributed by atoms with E-state index in [1.807, 2.05) is 63.0 Å². The maximum absolute atomic E-state index is 14.5. The second kappa shape index (κ2) is 22.9. The molecule has 0 unspecified atom stereocenters. The molecule has 19 heteroatoms. The number of aliphatic hydroxyl groups is 5. The molecular weight excluding hydrogens is 881 g/mol. The van der Waals surface area contributed by atoms with Gasteiger partial charge in [0.05, 0.1) is 53.8 Å². The predicted molar refractivity (Wildman–Crippen MR) is 251 cm³/mol. The number of esters is 1. The van der Waals surface area contributed by atoms with E-state index in [9.17, 15) is 35.1 Å². The lowest BCUT2D eigenvalue weighted by Gasteiger charge is -2.49. The second-order valence-electron chi connectivity index (χ2n) is 20.9. The molecule has 0 radical (unpaired) electrons. The summed E-state index contributed by atoms with van der Waals surface area (Å²) >= 11 is 0. The van der Waals surface area contributed by atoms with Crippen molar-refractivity contribution in [2.75, 3.05) is 34.3 Å². The molecule has 386 valence electrons. The summed E-state index contributed by atoms with van der Waals surface area (Å²) in [5.41, 5.74) is 2.96. The molecule has 2 aromatic rings. The van der Waals surface area contributed by atoms with Gasteiger partial charge in [0.15, 0.2) is 12.6 Å². The highest BCUT2D eigenvalue weighted by Gasteiger charge is 2.53. The van der Waals surface area contributed by atoms with Gasteiger partial charge >= 0.3 is 5.97 Å². The van der Waals surface area contributed by atoms with Crippen LogP contribution in [0.25, 0.3) is 0 Å². The standard InChI is InChI=1S/C49H82N6O13/c1-14-37-49(10,62)41(57)31(6)54(12)24-27(2)22-47(8,61)43(29(4)40(30(5)45(60)66-37)67-38-23-48(9,63-13)42(58)32(7)65-38)68-46-39(56)36(21-28(3)64-46)53(11)20-19-35-26-55(52-51-35)25-33-15-17-34(18-16-33)44(50)59/h15-18,26-32,36-43,46,56-58,61-62H,14,19-25H2,1-13H3,(H2,50,59)/t27-,28-,29+,30-,31-,32+,36+,37-,38+,39-,40+,41-,42+,43-,46+,47-,48-,49-/m1/s1. The average molecular weight is 963 g/mol. The van der Waals surface area contributed by atoms with Crippen LogP contribution in [0.4, 0.5) is 0 Å². The van der Waals surface area contributed by atoms with E-state index in [4.69, 9.17) is 34.2 Å². The number of carbonyl (C=O) groups is 2. The van der Waals surface area contributed by atoms with Crippen molar-refractivity contribution in [3.05, 3.63) is 47.3 Å². The highest BCUT2D eigenvalue weighted by molar-refractivity contribution is 5.92. The van der Waals surface area contributed by atoms with Crippen LogP contribution >= 0.6 is 0 Å². The van der Waals surface area contributed by atoms with Crippen molar-refractivity contribution in [2.24, 2.45) is 23.5 Å². The molecule has 18 atom stereocenters. The summed E-state index contributed by atoms with van der Waals surface area (Å²) < 4.78 is 39.9. The molecule has 1 amide bonds. The minimum absolute atomic E-state index is 0.0974. The Hall–Kier alpha value is -3.18. The number of primary amides is 1. The largest absolute Gasteiger partial charge is 0.459 e. The Morgan fingerprint density at radius 3 is 2.26 bits per heavy atom. The number of carbonyl (C=O) groups excluding carboxylic acids is 2. The first-order valence-electron chi connectivity index (χ1n) is 24.3. The molecule has 5 rings (SSSR count). The van der Waals surface area contributed by atoms with Gasteiger partial charge in [-0.2, -0.15) is 0 Å². The van der Waals surface area contributed by atoms with Gasteiger partial charge in [0.1, 0.15) is 30.0 Å². The quantitative estimate of drug-likeness (QED) is 0.158. The third-order valence-corrected chi connectivity index (χ3v) is 15.0. The third-order valence-electron chi connectivity index (χ3n) is 15.0. The molecule has 0 bridgehead atoms. The Kier molecular flexibility index (Phi) is 18.8. The Morgan fingerprint density at radius 2 is 1.65 bits per heavy atom. The van der Waals surface area contributed by atoms with Crippen LogP contribution < -0.4 is 5.73 Å². The van der Waals surface area contributed by atoms with E-state index >= 15 is 0 Å². The number of hydrogen-bond donors (Lipinski definition) is 6. The van der Waals surface area contributed by atoms with Crippen molar-refractivity contribution in [1.29, 1.82) is 0 Å². The molecule has 7 N–H and O–H groups in total. The number of likely N-dealkylation sites (N-methyl/N-ethyl adjacent to an activating group) is 2. The molecule has 1 aromatic heterocycles. The van der Waals surface area contributed by atoms with Gasteiger partial charge in [-0.05, 0) is 105 Å². The normalized spacial score (nSPS) is 40.6. The van der Waals surface area contributed by atoms with Crippen LogP contribution in [0.15, 0.2) is 30.5 Å². The van der Waals surface area contributed by atoms with Crippen molar-refractivity contribution in [3.63, 3.8) is 0 Å². The summed E-state index contributed by atoms with van der Waals surface area (Å²) in [4.78, 5) is 29.9. The molecular formula is C49H82N6O13. The topological polar surface area (TPSA) is 254 Å². The molecule has 0 saturated carbocycles. The van der Waals surface area contributed by atoms with Crippen LogP contribution in [-0.4, -0.2) is 187 Å². The second-order valence-corrected chi connectivity index (χ2v) is 20.9. The average Bonchev–Trinajstić information content (AvgIpc) is 3.73. The Balaban J connectivity index is 1.44. The number of amides is 1. The fourth-order valence-electron chi connectivity index (χ4n) is 10.6. The van der Waals surface area contributed by atoms with Crippen LogP contribution in [0.2, 0.25) is 0 Å². The first kappa shape index (κ1) is 55.7. The Bertz CT molecular complexity index is 1940. The molecule has 3 aliphatic rings. The van der Waals surface area contributed by atoms with Gasteiger partial charge in [0, 0.05) is 62.8 Å². The van der Waals surface area contributed by atoms with Crippen LogP contribution in [0.1, 0.15) is 117 Å². The number of benzene rings is 1. The van der Waals surface area contributed by atoms with Crippen LogP contribution in [0.3, 0.4) is 0 Å².